The van der Waals surface area contributed by atoms with Crippen LogP contribution < -0.4 is 26.4 Å². The summed E-state index contributed by atoms with van der Waals surface area (Å²) >= 11 is 0. The molecule has 3 nitrogen and oxygen atoms in total. The van der Waals surface area contributed by atoms with Gasteiger partial charge >= 0.3 is 5.97 Å². The fraction of sp³-hybridized carbons (Fsp3) is 0.122. The quantitative estimate of drug-likeness (QED) is 0.0401. The molecule has 5 aromatic carbocycles. The molecule has 0 N–H and O–H groups in total. The first kappa shape index (κ1) is 49.4. The first-order chi connectivity index (χ1) is 30.1. The number of pyridine rings is 1. The van der Waals surface area contributed by atoms with Crippen molar-refractivity contribution in [1.82, 2.24) is 0 Å². The summed E-state index contributed by atoms with van der Waals surface area (Å²) in [7, 11) is 0. The van der Waals surface area contributed by atoms with Crippen molar-refractivity contribution in [2.24, 2.45) is 0 Å². The van der Waals surface area contributed by atoms with Crippen LogP contribution in [0.15, 0.2) is 54.9 Å². The van der Waals surface area contributed by atoms with Gasteiger partial charge in [0.05, 0.1) is 5.56 Å². The van der Waals surface area contributed by atoms with E-state index in [0.717, 1.165) is 12.1 Å². The standard InChI is InChI=1S/C24BF20.C17H20NO2/c26-5-1(6(27)14(35)21(42)13(5)34)25(2-7(28)15(36)22(43)16(37)8(2)29,3-9(30)17(38)23(44)18(39)10(3)31)4-11(32)19(40)24(45)20(41)12(4)33;1-17(2,3)20-16(19)15-9-7-14(8-10-15)13-18-11-5-4-6-12-18/h;4-12H,13H2,1-3H3/q-1;+1. The minimum atomic E-state index is -7.22. The summed E-state index contributed by atoms with van der Waals surface area (Å²) in [6.45, 7) is 6.39. The maximum absolute atomic E-state index is 15.4. The van der Waals surface area contributed by atoms with Crippen LogP contribution in [0.3, 0.4) is 0 Å². The van der Waals surface area contributed by atoms with Gasteiger partial charge in [-0.3, -0.25) is 0 Å². The Morgan fingerprint density at radius 3 is 0.908 bits per heavy atom. The van der Waals surface area contributed by atoms with Crippen molar-refractivity contribution < 1.29 is 102 Å². The average molecular weight is 949 g/mol. The third-order valence-corrected chi connectivity index (χ3v) is 9.44. The molecule has 0 aliphatic heterocycles. The van der Waals surface area contributed by atoms with Crippen LogP contribution >= 0.6 is 0 Å². The average Bonchev–Trinajstić information content (AvgIpc) is 3.26. The van der Waals surface area contributed by atoms with E-state index in [1.165, 1.54) is 0 Å². The number of esters is 1. The number of rotatable bonds is 7. The van der Waals surface area contributed by atoms with Gasteiger partial charge in [0.25, 0.3) is 0 Å². The van der Waals surface area contributed by atoms with E-state index in [2.05, 4.69) is 4.57 Å². The van der Waals surface area contributed by atoms with Crippen LogP contribution in [0.2, 0.25) is 0 Å². The van der Waals surface area contributed by atoms with Crippen LogP contribution in [0.25, 0.3) is 0 Å². The first-order valence-corrected chi connectivity index (χ1v) is 17.6. The lowest BCUT2D eigenvalue weighted by Crippen LogP contribution is -2.81. The van der Waals surface area contributed by atoms with Gasteiger partial charge in [-0.2, -0.15) is 0 Å². The summed E-state index contributed by atoms with van der Waals surface area (Å²) in [5.41, 5.74) is -13.1. The Hall–Kier alpha value is -6.62. The lowest BCUT2D eigenvalue weighted by molar-refractivity contribution is -0.688. The summed E-state index contributed by atoms with van der Waals surface area (Å²) in [4.78, 5) is 11.9. The molecule has 0 radical (unpaired) electrons. The number of halogens is 20. The molecule has 0 saturated carbocycles. The Labute approximate surface area is 351 Å². The Balaban J connectivity index is 0.000000330. The van der Waals surface area contributed by atoms with E-state index < -0.39 is 150 Å². The summed E-state index contributed by atoms with van der Waals surface area (Å²) in [6, 6.07) is 13.5. The summed E-state index contributed by atoms with van der Waals surface area (Å²) in [6.07, 6.45) is -3.19. The molecule has 344 valence electrons. The topological polar surface area (TPSA) is 30.2 Å². The van der Waals surface area contributed by atoms with Crippen LogP contribution in [0, 0.1) is 116 Å². The number of carbonyl (C=O) groups excluding carboxylic acids is 1. The molecule has 0 amide bonds. The monoisotopic (exact) mass is 949 g/mol. The minimum absolute atomic E-state index is 0.281. The number of ether oxygens (including phenoxy) is 1. The largest absolute Gasteiger partial charge is 0.456 e. The van der Waals surface area contributed by atoms with Gasteiger partial charge in [-0.25, -0.2) is 97.2 Å². The molecule has 0 spiro atoms. The van der Waals surface area contributed by atoms with Gasteiger partial charge in [0.2, 0.25) is 0 Å². The van der Waals surface area contributed by atoms with Gasteiger partial charge in [0, 0.05) is 17.7 Å². The SMILES string of the molecule is CC(C)(C)OC(=O)c1ccc(C[n+]2ccccc2)cc1.Fc1c(F)c(F)c([B-](c2c(F)c(F)c(F)c(F)c2F)(c2c(F)c(F)c(F)c(F)c2F)c2c(F)c(F)c(F)c(F)c2F)c(F)c1F. The van der Waals surface area contributed by atoms with Crippen molar-refractivity contribution in [2.45, 2.75) is 32.9 Å². The highest BCUT2D eigenvalue weighted by Crippen LogP contribution is 2.31. The van der Waals surface area contributed by atoms with Crippen molar-refractivity contribution in [3.05, 3.63) is 182 Å². The normalized spacial score (nSPS) is 11.7. The Kier molecular flexibility index (Phi) is 13.8. The maximum atomic E-state index is 15.4. The van der Waals surface area contributed by atoms with E-state index in [4.69, 9.17) is 4.74 Å². The second kappa shape index (κ2) is 18.1. The van der Waals surface area contributed by atoms with Gasteiger partial charge in [-0.05, 0) is 32.9 Å². The molecule has 65 heavy (non-hydrogen) atoms. The molecule has 6 aromatic rings. The minimum Gasteiger partial charge on any atom is -0.456 e. The number of nitrogens with zero attached hydrogens (tertiary/aromatic N) is 1. The number of hydrogen-bond acceptors (Lipinski definition) is 2. The van der Waals surface area contributed by atoms with Crippen molar-refractivity contribution in [2.75, 3.05) is 0 Å². The van der Waals surface area contributed by atoms with E-state index in [0.29, 0.717) is 5.56 Å². The van der Waals surface area contributed by atoms with Crippen LogP contribution in [-0.4, -0.2) is 17.7 Å². The third-order valence-electron chi connectivity index (χ3n) is 9.44. The summed E-state index contributed by atoms with van der Waals surface area (Å²) in [5.74, 6) is -71.7. The smallest absolute Gasteiger partial charge is 0.338 e. The van der Waals surface area contributed by atoms with E-state index in [1.54, 1.807) is 0 Å². The molecule has 0 unspecified atom stereocenters. The molecular formula is C41H20BF20NO2. The van der Waals surface area contributed by atoms with Gasteiger partial charge in [0.1, 0.15) is 58.3 Å². The molecule has 0 fully saturated rings. The second-order valence-corrected chi connectivity index (χ2v) is 14.5. The number of benzene rings is 5. The van der Waals surface area contributed by atoms with Crippen molar-refractivity contribution in [3.63, 3.8) is 0 Å². The molecule has 0 atom stereocenters. The molecule has 0 aliphatic rings. The molecule has 24 heteroatoms. The van der Waals surface area contributed by atoms with Crippen LogP contribution in [0.4, 0.5) is 87.8 Å². The summed E-state index contributed by atoms with van der Waals surface area (Å²) < 4.78 is 301. The zero-order valence-corrected chi connectivity index (χ0v) is 32.3. The van der Waals surface area contributed by atoms with Crippen LogP contribution in [-0.2, 0) is 11.3 Å². The lowest BCUT2D eigenvalue weighted by atomic mass is 9.12. The van der Waals surface area contributed by atoms with Crippen molar-refractivity contribution in [3.8, 4) is 0 Å². The van der Waals surface area contributed by atoms with Crippen LogP contribution in [0.5, 0.6) is 0 Å². The maximum Gasteiger partial charge on any atom is 0.338 e. The molecule has 1 heterocycles. The highest BCUT2D eigenvalue weighted by atomic mass is 19.2. The first-order valence-electron chi connectivity index (χ1n) is 17.6. The van der Waals surface area contributed by atoms with E-state index >= 15 is 35.1 Å². The van der Waals surface area contributed by atoms with E-state index in [9.17, 15) is 57.5 Å². The molecule has 0 saturated heterocycles. The number of carbonyl (C=O) groups is 1. The second-order valence-electron chi connectivity index (χ2n) is 14.5. The predicted molar refractivity (Wildman–Crippen MR) is 187 cm³/mol. The van der Waals surface area contributed by atoms with E-state index in [-0.39, 0.29) is 5.97 Å². The molecule has 0 aliphatic carbocycles. The van der Waals surface area contributed by atoms with Crippen molar-refractivity contribution >= 4 is 34.0 Å². The summed E-state index contributed by atoms with van der Waals surface area (Å²) in [5, 5.41) is 0. The molecular weight excluding hydrogens is 929 g/mol. The Bertz CT molecular complexity index is 2490. The molecule has 1 aromatic heterocycles. The fourth-order valence-corrected chi connectivity index (χ4v) is 6.71. The number of hydrogen-bond donors (Lipinski definition) is 0. The van der Waals surface area contributed by atoms with E-state index in [1.807, 2.05) is 75.6 Å². The highest BCUT2D eigenvalue weighted by molar-refractivity contribution is 7.20. The zero-order valence-electron chi connectivity index (χ0n) is 32.3. The highest BCUT2D eigenvalue weighted by Gasteiger charge is 2.52. The zero-order chi connectivity index (χ0) is 48.9. The molecule has 0 bridgehead atoms. The van der Waals surface area contributed by atoms with Gasteiger partial charge in [-0.15, -0.1) is 21.9 Å². The third kappa shape index (κ3) is 8.44. The predicted octanol–water partition coefficient (Wildman–Crippen LogP) is 8.82. The van der Waals surface area contributed by atoms with Gasteiger partial charge < -0.3 is 4.74 Å². The molecule has 6 rings (SSSR count). The van der Waals surface area contributed by atoms with Crippen LogP contribution in [0.1, 0.15) is 36.7 Å². The number of aromatic nitrogens is 1. The lowest BCUT2D eigenvalue weighted by Gasteiger charge is -2.44. The van der Waals surface area contributed by atoms with Crippen molar-refractivity contribution in [1.29, 1.82) is 0 Å². The van der Waals surface area contributed by atoms with Gasteiger partial charge in [-0.1, -0.05) is 18.2 Å². The Morgan fingerprint density at radius 2 is 0.662 bits per heavy atom. The fourth-order valence-electron chi connectivity index (χ4n) is 6.71. The van der Waals surface area contributed by atoms with Gasteiger partial charge in [0.15, 0.2) is 88.7 Å². The Morgan fingerprint density at radius 1 is 0.415 bits per heavy atom.